The number of ketones is 1. The molecule has 2 fully saturated rings. The van der Waals surface area contributed by atoms with Gasteiger partial charge in [0.25, 0.3) is 5.92 Å². The Bertz CT molecular complexity index is 547. The number of hydrogen-bond donors (Lipinski definition) is 0. The van der Waals surface area contributed by atoms with Gasteiger partial charge in [-0.3, -0.25) is 4.79 Å². The largest absolute Gasteiger partial charge is 0.295 e. The molecule has 4 aliphatic rings. The average Bonchev–Trinajstić information content (AvgIpc) is 2.69. The van der Waals surface area contributed by atoms with Crippen molar-refractivity contribution in [3.8, 4) is 0 Å². The fourth-order valence-corrected chi connectivity index (χ4v) is 5.59. The molecule has 2 saturated carbocycles. The molecule has 0 bridgehead atoms. The number of alkyl halides is 2. The molecule has 5 atom stereocenters. The highest BCUT2D eigenvalue weighted by Crippen LogP contribution is 2.65. The van der Waals surface area contributed by atoms with Crippen molar-refractivity contribution in [2.75, 3.05) is 0 Å². The Morgan fingerprint density at radius 3 is 2.81 bits per heavy atom. The van der Waals surface area contributed by atoms with Crippen molar-refractivity contribution >= 4 is 5.78 Å². The van der Waals surface area contributed by atoms with E-state index in [1.165, 1.54) is 0 Å². The highest BCUT2D eigenvalue weighted by molar-refractivity contribution is 5.91. The topological polar surface area (TPSA) is 17.1 Å². The van der Waals surface area contributed by atoms with Crippen LogP contribution in [0.5, 0.6) is 0 Å². The predicted octanol–water partition coefficient (Wildman–Crippen LogP) is 4.54. The summed E-state index contributed by atoms with van der Waals surface area (Å²) in [6, 6.07) is 0. The van der Waals surface area contributed by atoms with E-state index < -0.39 is 11.3 Å². The molecule has 114 valence electrons. The molecule has 0 unspecified atom stereocenters. The summed E-state index contributed by atoms with van der Waals surface area (Å²) in [5.41, 5.74) is 0.338. The molecule has 0 radical (unpaired) electrons. The van der Waals surface area contributed by atoms with E-state index >= 15 is 0 Å². The van der Waals surface area contributed by atoms with Crippen molar-refractivity contribution in [1.29, 1.82) is 0 Å². The minimum absolute atomic E-state index is 0.0527. The SMILES string of the molecule is C[C@]12CC[C@H]3[C@@H](C=CC4=CC(=O)CC[C@@H]43)[C@@H]1CCC2(F)F. The molecule has 1 nitrogen and oxygen atoms in total. The van der Waals surface area contributed by atoms with Crippen LogP contribution in [0.3, 0.4) is 0 Å². The molecule has 0 aromatic carbocycles. The Kier molecular flexibility index (Phi) is 2.78. The van der Waals surface area contributed by atoms with Crippen LogP contribution in [0.25, 0.3) is 0 Å². The van der Waals surface area contributed by atoms with Gasteiger partial charge in [-0.2, -0.15) is 0 Å². The molecule has 0 heterocycles. The molecule has 0 aliphatic heterocycles. The maximum atomic E-state index is 14.3. The van der Waals surface area contributed by atoms with E-state index in [1.54, 1.807) is 6.08 Å². The molecule has 0 N–H and O–H groups in total. The van der Waals surface area contributed by atoms with E-state index in [0.29, 0.717) is 31.1 Å². The molecule has 0 aromatic rings. The highest BCUT2D eigenvalue weighted by Gasteiger charge is 2.63. The van der Waals surface area contributed by atoms with E-state index in [2.05, 4.69) is 12.2 Å². The first-order chi connectivity index (χ1) is 9.92. The third-order valence-electron chi connectivity index (χ3n) is 6.86. The number of fused-ring (bicyclic) bond motifs is 5. The van der Waals surface area contributed by atoms with Crippen molar-refractivity contribution in [2.45, 2.75) is 51.4 Å². The molecular weight excluding hydrogens is 270 g/mol. The minimum atomic E-state index is -2.50. The van der Waals surface area contributed by atoms with Crippen LogP contribution in [0.15, 0.2) is 23.8 Å². The number of hydrogen-bond acceptors (Lipinski definition) is 1. The number of carbonyl (C=O) groups is 1. The lowest BCUT2D eigenvalue weighted by Crippen LogP contribution is -2.48. The van der Waals surface area contributed by atoms with Crippen molar-refractivity contribution in [3.63, 3.8) is 0 Å². The zero-order valence-electron chi connectivity index (χ0n) is 12.4. The van der Waals surface area contributed by atoms with Gasteiger partial charge in [-0.05, 0) is 61.0 Å². The fraction of sp³-hybridized carbons (Fsp3) is 0.722. The quantitative estimate of drug-likeness (QED) is 0.640. The monoisotopic (exact) mass is 292 g/mol. The molecule has 0 aromatic heterocycles. The minimum Gasteiger partial charge on any atom is -0.295 e. The van der Waals surface area contributed by atoms with Gasteiger partial charge in [0.05, 0.1) is 0 Å². The molecular formula is C18H22F2O. The zero-order chi connectivity index (χ0) is 14.8. The van der Waals surface area contributed by atoms with Gasteiger partial charge < -0.3 is 0 Å². The Labute approximate surface area is 124 Å². The summed E-state index contributed by atoms with van der Waals surface area (Å²) in [6.45, 7) is 1.81. The first kappa shape index (κ1) is 13.7. The van der Waals surface area contributed by atoms with Gasteiger partial charge in [-0.1, -0.05) is 19.1 Å². The van der Waals surface area contributed by atoms with Crippen LogP contribution in [0.1, 0.15) is 45.4 Å². The van der Waals surface area contributed by atoms with Crippen LogP contribution < -0.4 is 0 Å². The summed E-state index contributed by atoms with van der Waals surface area (Å²) in [7, 11) is 0. The average molecular weight is 292 g/mol. The second kappa shape index (κ2) is 4.27. The Morgan fingerprint density at radius 1 is 1.19 bits per heavy atom. The summed E-state index contributed by atoms with van der Waals surface area (Å²) in [5.74, 6) is -0.987. The predicted molar refractivity (Wildman–Crippen MR) is 76.9 cm³/mol. The molecule has 0 amide bonds. The van der Waals surface area contributed by atoms with Gasteiger partial charge >= 0.3 is 0 Å². The van der Waals surface area contributed by atoms with Gasteiger partial charge in [0.15, 0.2) is 5.78 Å². The third-order valence-corrected chi connectivity index (χ3v) is 6.86. The second-order valence-corrected chi connectivity index (χ2v) is 7.66. The van der Waals surface area contributed by atoms with Crippen LogP contribution in [-0.4, -0.2) is 11.7 Å². The molecule has 21 heavy (non-hydrogen) atoms. The van der Waals surface area contributed by atoms with E-state index in [-0.39, 0.29) is 24.0 Å². The van der Waals surface area contributed by atoms with Gasteiger partial charge in [0.1, 0.15) is 0 Å². The Morgan fingerprint density at radius 2 is 2.00 bits per heavy atom. The Balaban J connectivity index is 1.70. The highest BCUT2D eigenvalue weighted by atomic mass is 19.3. The summed E-state index contributed by atoms with van der Waals surface area (Å²) in [6.07, 6.45) is 9.76. The van der Waals surface area contributed by atoms with Crippen LogP contribution >= 0.6 is 0 Å². The smallest absolute Gasteiger partial charge is 0.253 e. The van der Waals surface area contributed by atoms with Crippen molar-refractivity contribution in [1.82, 2.24) is 0 Å². The standard InChI is InChI=1S/C18H22F2O/c1-17-8-6-14-13-5-3-12(21)10-11(13)2-4-15(14)16(17)7-9-18(17,19)20/h2,4,10,13-16H,3,5-9H2,1H3/t13-,14+,15+,16-,17-/m0/s1. The van der Waals surface area contributed by atoms with E-state index in [4.69, 9.17) is 0 Å². The summed E-state index contributed by atoms with van der Waals surface area (Å²) >= 11 is 0. The lowest BCUT2D eigenvalue weighted by Gasteiger charge is -2.51. The number of rotatable bonds is 0. The van der Waals surface area contributed by atoms with Crippen LogP contribution in [0, 0.1) is 29.1 Å². The molecule has 0 spiro atoms. The van der Waals surface area contributed by atoms with Gasteiger partial charge in [-0.25, -0.2) is 8.78 Å². The number of allylic oxidation sites excluding steroid dienone is 4. The maximum Gasteiger partial charge on any atom is 0.253 e. The van der Waals surface area contributed by atoms with E-state index in [1.807, 2.05) is 6.92 Å². The Hall–Kier alpha value is -0.990. The maximum absolute atomic E-state index is 14.3. The lowest BCUT2D eigenvalue weighted by molar-refractivity contribution is -0.135. The van der Waals surface area contributed by atoms with Crippen molar-refractivity contribution in [3.05, 3.63) is 23.8 Å². The van der Waals surface area contributed by atoms with Crippen LogP contribution in [0.2, 0.25) is 0 Å². The van der Waals surface area contributed by atoms with Gasteiger partial charge in [0.2, 0.25) is 0 Å². The number of carbonyl (C=O) groups excluding carboxylic acids is 1. The van der Waals surface area contributed by atoms with Crippen molar-refractivity contribution in [2.24, 2.45) is 29.1 Å². The normalized spacial score (nSPS) is 47.4. The van der Waals surface area contributed by atoms with Gasteiger partial charge in [0, 0.05) is 18.3 Å². The van der Waals surface area contributed by atoms with Crippen molar-refractivity contribution < 1.29 is 13.6 Å². The van der Waals surface area contributed by atoms with Gasteiger partial charge in [-0.15, -0.1) is 0 Å². The number of halogens is 2. The molecule has 4 aliphatic carbocycles. The van der Waals surface area contributed by atoms with E-state index in [0.717, 1.165) is 18.4 Å². The molecule has 3 heteroatoms. The third kappa shape index (κ3) is 1.75. The van der Waals surface area contributed by atoms with Crippen LogP contribution in [0.4, 0.5) is 8.78 Å². The first-order valence-corrected chi connectivity index (χ1v) is 8.23. The summed E-state index contributed by atoms with van der Waals surface area (Å²) in [4.78, 5) is 11.6. The summed E-state index contributed by atoms with van der Waals surface area (Å²) < 4.78 is 28.7. The lowest BCUT2D eigenvalue weighted by atomic mass is 9.54. The van der Waals surface area contributed by atoms with Crippen LogP contribution in [-0.2, 0) is 4.79 Å². The zero-order valence-corrected chi connectivity index (χ0v) is 12.4. The second-order valence-electron chi connectivity index (χ2n) is 7.66. The summed E-state index contributed by atoms with van der Waals surface area (Å²) in [5, 5.41) is 0. The van der Waals surface area contributed by atoms with E-state index in [9.17, 15) is 13.6 Å². The first-order valence-electron chi connectivity index (χ1n) is 8.23. The fourth-order valence-electron chi connectivity index (χ4n) is 5.59. The molecule has 4 rings (SSSR count). The molecule has 0 saturated heterocycles.